The zero-order chi connectivity index (χ0) is 34.7. The van der Waals surface area contributed by atoms with Crippen LogP contribution in [0.2, 0.25) is 0 Å². The first-order valence-electron chi connectivity index (χ1n) is 13.1. The summed E-state index contributed by atoms with van der Waals surface area (Å²) < 4.78 is 183. The first-order valence-corrected chi connectivity index (χ1v) is 13.1. The molecule has 0 N–H and O–H groups in total. The van der Waals surface area contributed by atoms with Gasteiger partial charge in [-0.05, 0) is 31.1 Å². The summed E-state index contributed by atoms with van der Waals surface area (Å²) in [6, 6.07) is 0. The van der Waals surface area contributed by atoms with E-state index in [0.717, 1.165) is 0 Å². The highest BCUT2D eigenvalue weighted by molar-refractivity contribution is 5.83. The van der Waals surface area contributed by atoms with E-state index < -0.39 is 91.5 Å². The standard InChI is InChI=1S/C26H37F13O4/c1-8-20(7,12-17(40)43-16(15(2)3)11-19(4,5)6)18(41)42-10-9-21(27,28)13-22(29,30)25(35,36)23(31,32)14-24(33,34)26(37,38)39/h15-16H,8-14H2,1-7H3. The van der Waals surface area contributed by atoms with Gasteiger partial charge in [-0.25, -0.2) is 8.78 Å². The number of esters is 2. The van der Waals surface area contributed by atoms with Crippen LogP contribution in [0.3, 0.4) is 0 Å². The molecule has 0 fully saturated rings. The zero-order valence-corrected chi connectivity index (χ0v) is 24.7. The van der Waals surface area contributed by atoms with Gasteiger partial charge >= 0.3 is 41.8 Å². The van der Waals surface area contributed by atoms with Crippen LogP contribution in [-0.4, -0.2) is 60.4 Å². The molecule has 0 radical (unpaired) electrons. The van der Waals surface area contributed by atoms with Crippen molar-refractivity contribution in [3.05, 3.63) is 0 Å². The van der Waals surface area contributed by atoms with Crippen LogP contribution in [-0.2, 0) is 19.1 Å². The number of carbonyl (C=O) groups excluding carboxylic acids is 2. The van der Waals surface area contributed by atoms with E-state index in [9.17, 15) is 66.7 Å². The molecular formula is C26H37F13O4. The summed E-state index contributed by atoms with van der Waals surface area (Å²) in [4.78, 5) is 25.1. The van der Waals surface area contributed by atoms with Crippen LogP contribution in [0.5, 0.6) is 0 Å². The molecule has 4 nitrogen and oxygen atoms in total. The van der Waals surface area contributed by atoms with Crippen molar-refractivity contribution in [1.82, 2.24) is 0 Å². The lowest BCUT2D eigenvalue weighted by molar-refractivity contribution is -0.357. The Hall–Kier alpha value is -1.97. The van der Waals surface area contributed by atoms with Crippen molar-refractivity contribution in [2.75, 3.05) is 6.61 Å². The van der Waals surface area contributed by atoms with Crippen molar-refractivity contribution < 1.29 is 76.1 Å². The van der Waals surface area contributed by atoms with Crippen LogP contribution in [0.4, 0.5) is 57.1 Å². The Morgan fingerprint density at radius 3 is 1.58 bits per heavy atom. The molecule has 0 amide bonds. The third-order valence-electron chi connectivity index (χ3n) is 6.61. The highest BCUT2D eigenvalue weighted by Crippen LogP contribution is 2.55. The van der Waals surface area contributed by atoms with E-state index in [2.05, 4.69) is 4.74 Å². The maximum atomic E-state index is 14.1. The fraction of sp³-hybridized carbons (Fsp3) is 0.923. The first-order chi connectivity index (χ1) is 18.8. The molecule has 2 atom stereocenters. The normalized spacial score (nSPS) is 16.6. The average Bonchev–Trinajstić information content (AvgIpc) is 2.74. The fourth-order valence-electron chi connectivity index (χ4n) is 3.64. The number of halogens is 13. The van der Waals surface area contributed by atoms with E-state index in [0.29, 0.717) is 6.42 Å². The van der Waals surface area contributed by atoms with Gasteiger partial charge in [-0.3, -0.25) is 9.59 Å². The van der Waals surface area contributed by atoms with Gasteiger partial charge in [0.25, 0.3) is 5.92 Å². The first kappa shape index (κ1) is 41.0. The Morgan fingerprint density at radius 2 is 1.19 bits per heavy atom. The van der Waals surface area contributed by atoms with Gasteiger partial charge in [0.05, 0.1) is 31.3 Å². The third kappa shape index (κ3) is 11.5. The second-order valence-corrected chi connectivity index (χ2v) is 12.4. The van der Waals surface area contributed by atoms with Crippen LogP contribution >= 0.6 is 0 Å². The van der Waals surface area contributed by atoms with Crippen molar-refractivity contribution >= 4 is 11.9 Å². The molecule has 17 heteroatoms. The number of alkyl halides is 13. The van der Waals surface area contributed by atoms with Gasteiger partial charge in [0.15, 0.2) is 0 Å². The largest absolute Gasteiger partial charge is 0.465 e. The predicted octanol–water partition coefficient (Wildman–Crippen LogP) is 9.25. The Balaban J connectivity index is 5.46. The highest BCUT2D eigenvalue weighted by atomic mass is 19.4. The van der Waals surface area contributed by atoms with Crippen LogP contribution in [0, 0.1) is 16.7 Å². The molecule has 0 heterocycles. The molecule has 0 aromatic carbocycles. The second kappa shape index (κ2) is 13.6. The Morgan fingerprint density at radius 1 is 0.721 bits per heavy atom. The number of hydrogen-bond acceptors (Lipinski definition) is 4. The smallest absolute Gasteiger partial charge is 0.453 e. The Kier molecular flexibility index (Phi) is 13.0. The minimum atomic E-state index is -7.06. The molecule has 2 unspecified atom stereocenters. The van der Waals surface area contributed by atoms with E-state index in [1.54, 1.807) is 13.8 Å². The molecule has 43 heavy (non-hydrogen) atoms. The molecule has 256 valence electrons. The topological polar surface area (TPSA) is 52.6 Å². The maximum absolute atomic E-state index is 14.1. The van der Waals surface area contributed by atoms with Gasteiger partial charge in [-0.15, -0.1) is 0 Å². The SMILES string of the molecule is CCC(C)(CC(=O)OC(CC(C)(C)C)C(C)C)C(=O)OCCC(F)(F)CC(F)(F)C(F)(F)C(F)(F)CC(F)(F)C(F)(F)F. The molecule has 0 aliphatic carbocycles. The van der Waals surface area contributed by atoms with Crippen molar-refractivity contribution in [3.63, 3.8) is 0 Å². The quantitative estimate of drug-likeness (QED) is 0.122. The van der Waals surface area contributed by atoms with Crippen LogP contribution in [0.15, 0.2) is 0 Å². The van der Waals surface area contributed by atoms with Crippen molar-refractivity contribution in [2.45, 2.75) is 129 Å². The fourth-order valence-corrected chi connectivity index (χ4v) is 3.64. The van der Waals surface area contributed by atoms with Gasteiger partial charge in [-0.1, -0.05) is 41.5 Å². The van der Waals surface area contributed by atoms with Gasteiger partial charge in [0, 0.05) is 6.42 Å². The van der Waals surface area contributed by atoms with Gasteiger partial charge in [0.1, 0.15) is 6.10 Å². The molecule has 0 saturated heterocycles. The minimum absolute atomic E-state index is 0.106. The Labute approximate surface area is 241 Å². The molecule has 0 aromatic heterocycles. The summed E-state index contributed by atoms with van der Waals surface area (Å²) >= 11 is 0. The summed E-state index contributed by atoms with van der Waals surface area (Å²) in [6.45, 7) is 10.5. The molecule has 0 saturated carbocycles. The van der Waals surface area contributed by atoms with Crippen LogP contribution < -0.4 is 0 Å². The Bertz CT molecular complexity index is 940. The van der Waals surface area contributed by atoms with E-state index in [1.807, 2.05) is 20.8 Å². The molecule has 0 aliphatic rings. The van der Waals surface area contributed by atoms with Gasteiger partial charge < -0.3 is 9.47 Å². The predicted molar refractivity (Wildman–Crippen MR) is 127 cm³/mol. The number of carbonyl (C=O) groups is 2. The number of rotatable bonds is 16. The van der Waals surface area contributed by atoms with E-state index in [1.165, 1.54) is 13.8 Å². The lowest BCUT2D eigenvalue weighted by Crippen LogP contribution is -2.58. The van der Waals surface area contributed by atoms with E-state index >= 15 is 0 Å². The monoisotopic (exact) mass is 660 g/mol. The molecule has 0 bridgehead atoms. The van der Waals surface area contributed by atoms with Crippen molar-refractivity contribution in [3.8, 4) is 0 Å². The van der Waals surface area contributed by atoms with E-state index in [-0.39, 0.29) is 17.8 Å². The summed E-state index contributed by atoms with van der Waals surface area (Å²) in [5.41, 5.74) is -1.91. The summed E-state index contributed by atoms with van der Waals surface area (Å²) in [5, 5.41) is 0. The summed E-state index contributed by atoms with van der Waals surface area (Å²) in [5.74, 6) is -34.1. The van der Waals surface area contributed by atoms with E-state index in [4.69, 9.17) is 4.74 Å². The zero-order valence-electron chi connectivity index (χ0n) is 24.7. The summed E-state index contributed by atoms with van der Waals surface area (Å²) in [6.07, 6.45) is -17.1. The lowest BCUT2D eigenvalue weighted by atomic mass is 9.83. The van der Waals surface area contributed by atoms with Gasteiger partial charge in [0.2, 0.25) is 0 Å². The molecule has 0 rings (SSSR count). The molecule has 0 aromatic rings. The molecule has 0 spiro atoms. The van der Waals surface area contributed by atoms with Crippen LogP contribution in [0.1, 0.15) is 87.0 Å². The number of hydrogen-bond donors (Lipinski definition) is 0. The highest BCUT2D eigenvalue weighted by Gasteiger charge is 2.76. The third-order valence-corrected chi connectivity index (χ3v) is 6.61. The summed E-state index contributed by atoms with van der Waals surface area (Å²) in [7, 11) is 0. The van der Waals surface area contributed by atoms with Gasteiger partial charge in [-0.2, -0.15) is 48.3 Å². The minimum Gasteiger partial charge on any atom is -0.465 e. The molecular weight excluding hydrogens is 623 g/mol. The number of ether oxygens (including phenoxy) is 2. The maximum Gasteiger partial charge on any atom is 0.453 e. The van der Waals surface area contributed by atoms with Crippen LogP contribution in [0.25, 0.3) is 0 Å². The average molecular weight is 661 g/mol. The molecule has 0 aliphatic heterocycles. The lowest BCUT2D eigenvalue weighted by Gasteiger charge is -2.36. The van der Waals surface area contributed by atoms with Crippen molar-refractivity contribution in [2.24, 2.45) is 16.7 Å². The second-order valence-electron chi connectivity index (χ2n) is 12.4. The van der Waals surface area contributed by atoms with Crippen molar-refractivity contribution in [1.29, 1.82) is 0 Å².